The fourth-order valence-corrected chi connectivity index (χ4v) is 4.82. The smallest absolute Gasteiger partial charge is 0.308 e. The van der Waals surface area contributed by atoms with Crippen LogP contribution in [-0.4, -0.2) is 38.4 Å². The maximum absolute atomic E-state index is 11.8. The summed E-state index contributed by atoms with van der Waals surface area (Å²) in [5.74, 6) is -0.430. The topological polar surface area (TPSA) is 61.8 Å². The molecular formula is C34H66O5. The predicted molar refractivity (Wildman–Crippen MR) is 164 cm³/mol. The van der Waals surface area contributed by atoms with E-state index in [1.807, 2.05) is 0 Å². The first-order valence-electron chi connectivity index (χ1n) is 17.1. The van der Waals surface area contributed by atoms with E-state index in [0.717, 1.165) is 25.7 Å². The number of rotatable bonds is 32. The van der Waals surface area contributed by atoms with Crippen molar-refractivity contribution < 1.29 is 23.8 Å². The van der Waals surface area contributed by atoms with Crippen molar-refractivity contribution in [2.45, 2.75) is 181 Å². The van der Waals surface area contributed by atoms with Gasteiger partial charge >= 0.3 is 11.9 Å². The maximum atomic E-state index is 11.8. The lowest BCUT2D eigenvalue weighted by Gasteiger charge is -2.07. The highest BCUT2D eigenvalue weighted by molar-refractivity contribution is 5.70. The van der Waals surface area contributed by atoms with Crippen LogP contribution in [0, 0.1) is 0 Å². The van der Waals surface area contributed by atoms with E-state index in [0.29, 0.717) is 26.4 Å². The quantitative estimate of drug-likeness (QED) is 0.0611. The largest absolute Gasteiger partial charge is 0.466 e. The lowest BCUT2D eigenvalue weighted by Crippen LogP contribution is -2.12. The number of carbonyl (C=O) groups is 2. The second-order valence-corrected chi connectivity index (χ2v) is 11.3. The first-order valence-corrected chi connectivity index (χ1v) is 17.1. The maximum Gasteiger partial charge on any atom is 0.308 e. The fourth-order valence-electron chi connectivity index (χ4n) is 4.82. The van der Waals surface area contributed by atoms with E-state index >= 15 is 0 Å². The number of hydrogen-bond acceptors (Lipinski definition) is 5. The SMILES string of the molecule is CCCCCCCCCCCCCCOC(=O)CCOCCC(=O)OCCCCCCCCCCCCCC. The van der Waals surface area contributed by atoms with Crippen molar-refractivity contribution in [3.63, 3.8) is 0 Å². The van der Waals surface area contributed by atoms with E-state index in [1.54, 1.807) is 0 Å². The second-order valence-electron chi connectivity index (χ2n) is 11.3. The zero-order valence-electron chi connectivity index (χ0n) is 26.3. The molecule has 39 heavy (non-hydrogen) atoms. The molecule has 0 saturated carbocycles. The van der Waals surface area contributed by atoms with E-state index in [9.17, 15) is 9.59 Å². The molecule has 0 fully saturated rings. The molecule has 0 aromatic heterocycles. The van der Waals surface area contributed by atoms with Crippen molar-refractivity contribution >= 4 is 11.9 Å². The minimum atomic E-state index is -0.215. The zero-order valence-corrected chi connectivity index (χ0v) is 26.3. The summed E-state index contributed by atoms with van der Waals surface area (Å²) in [6.45, 7) is 6.12. The summed E-state index contributed by atoms with van der Waals surface area (Å²) in [4.78, 5) is 23.6. The molecule has 0 aliphatic rings. The highest BCUT2D eigenvalue weighted by Gasteiger charge is 2.06. The third kappa shape index (κ3) is 33.0. The average molecular weight is 555 g/mol. The molecule has 0 aromatic rings. The van der Waals surface area contributed by atoms with Gasteiger partial charge in [-0.15, -0.1) is 0 Å². The van der Waals surface area contributed by atoms with Gasteiger partial charge in [0.1, 0.15) is 0 Å². The number of unbranched alkanes of at least 4 members (excludes halogenated alkanes) is 22. The summed E-state index contributed by atoms with van der Waals surface area (Å²) < 4.78 is 16.0. The van der Waals surface area contributed by atoms with Gasteiger partial charge in [0.05, 0.1) is 39.3 Å². The highest BCUT2D eigenvalue weighted by atomic mass is 16.5. The van der Waals surface area contributed by atoms with Crippen LogP contribution < -0.4 is 0 Å². The Morgan fingerprint density at radius 2 is 0.615 bits per heavy atom. The highest BCUT2D eigenvalue weighted by Crippen LogP contribution is 2.13. The standard InChI is InChI=1S/C34H66O5/c1-3-5-7-9-11-13-15-17-19-21-23-25-29-38-33(35)27-31-37-32-28-34(36)39-30-26-24-22-20-18-16-14-12-10-8-6-4-2/h3-32H2,1-2H3. The van der Waals surface area contributed by atoms with Crippen LogP contribution in [0.25, 0.3) is 0 Å². The van der Waals surface area contributed by atoms with E-state index in [1.165, 1.54) is 128 Å². The first-order chi connectivity index (χ1) is 19.2. The molecule has 0 amide bonds. The summed E-state index contributed by atoms with van der Waals surface area (Å²) in [6, 6.07) is 0. The monoisotopic (exact) mass is 554 g/mol. The van der Waals surface area contributed by atoms with Crippen molar-refractivity contribution in [2.24, 2.45) is 0 Å². The summed E-state index contributed by atoms with van der Waals surface area (Å²) in [5.41, 5.74) is 0. The van der Waals surface area contributed by atoms with Crippen molar-refractivity contribution in [3.8, 4) is 0 Å². The zero-order chi connectivity index (χ0) is 28.5. The van der Waals surface area contributed by atoms with Gasteiger partial charge in [0, 0.05) is 0 Å². The van der Waals surface area contributed by atoms with Gasteiger partial charge in [0.2, 0.25) is 0 Å². The van der Waals surface area contributed by atoms with Crippen LogP contribution in [0.15, 0.2) is 0 Å². The van der Waals surface area contributed by atoms with E-state index in [2.05, 4.69) is 13.8 Å². The second kappa shape index (κ2) is 33.1. The Hall–Kier alpha value is -1.10. The van der Waals surface area contributed by atoms with Crippen molar-refractivity contribution in [1.82, 2.24) is 0 Å². The van der Waals surface area contributed by atoms with Crippen molar-refractivity contribution in [3.05, 3.63) is 0 Å². The molecule has 232 valence electrons. The third-order valence-corrected chi connectivity index (χ3v) is 7.42. The van der Waals surface area contributed by atoms with Crippen LogP contribution in [0.4, 0.5) is 0 Å². The Morgan fingerprint density at radius 3 is 0.897 bits per heavy atom. The Bertz CT molecular complexity index is 464. The summed E-state index contributed by atoms with van der Waals surface area (Å²) in [5, 5.41) is 0. The molecular weight excluding hydrogens is 488 g/mol. The first kappa shape index (κ1) is 37.9. The van der Waals surface area contributed by atoms with Crippen LogP contribution in [0.1, 0.15) is 181 Å². The molecule has 0 saturated heterocycles. The van der Waals surface area contributed by atoms with Gasteiger partial charge in [0.25, 0.3) is 0 Å². The van der Waals surface area contributed by atoms with E-state index < -0.39 is 0 Å². The molecule has 0 rings (SSSR count). The number of carbonyl (C=O) groups excluding carboxylic acids is 2. The molecule has 0 N–H and O–H groups in total. The molecule has 0 aromatic carbocycles. The van der Waals surface area contributed by atoms with Crippen LogP contribution >= 0.6 is 0 Å². The number of esters is 2. The van der Waals surface area contributed by atoms with Gasteiger partial charge in [-0.25, -0.2) is 0 Å². The fraction of sp³-hybridized carbons (Fsp3) is 0.941. The summed E-state index contributed by atoms with van der Waals surface area (Å²) in [6.07, 6.45) is 31.6. The Balaban J connectivity index is 3.26. The number of hydrogen-bond donors (Lipinski definition) is 0. The molecule has 5 heteroatoms. The van der Waals surface area contributed by atoms with Gasteiger partial charge < -0.3 is 14.2 Å². The van der Waals surface area contributed by atoms with Crippen LogP contribution in [-0.2, 0) is 23.8 Å². The van der Waals surface area contributed by atoms with Gasteiger partial charge in [-0.2, -0.15) is 0 Å². The molecule has 0 unspecified atom stereocenters. The minimum absolute atomic E-state index is 0.215. The van der Waals surface area contributed by atoms with Gasteiger partial charge in [-0.3, -0.25) is 9.59 Å². The molecule has 0 atom stereocenters. The van der Waals surface area contributed by atoms with Crippen molar-refractivity contribution in [1.29, 1.82) is 0 Å². The normalized spacial score (nSPS) is 11.1. The Labute approximate surface area is 242 Å². The summed E-state index contributed by atoms with van der Waals surface area (Å²) >= 11 is 0. The lowest BCUT2D eigenvalue weighted by atomic mass is 10.1. The average Bonchev–Trinajstić information content (AvgIpc) is 2.93. The van der Waals surface area contributed by atoms with Crippen molar-refractivity contribution in [2.75, 3.05) is 26.4 Å². The van der Waals surface area contributed by atoms with Crippen LogP contribution in [0.2, 0.25) is 0 Å². The van der Waals surface area contributed by atoms with Crippen LogP contribution in [0.3, 0.4) is 0 Å². The predicted octanol–water partition coefficient (Wildman–Crippen LogP) is 10.3. The minimum Gasteiger partial charge on any atom is -0.466 e. The Morgan fingerprint density at radius 1 is 0.359 bits per heavy atom. The molecule has 0 radical (unpaired) electrons. The molecule has 5 nitrogen and oxygen atoms in total. The summed E-state index contributed by atoms with van der Waals surface area (Å²) in [7, 11) is 0. The van der Waals surface area contributed by atoms with Gasteiger partial charge in [0.15, 0.2) is 0 Å². The molecule has 0 heterocycles. The Kier molecular flexibility index (Phi) is 32.2. The van der Waals surface area contributed by atoms with Crippen LogP contribution in [0.5, 0.6) is 0 Å². The van der Waals surface area contributed by atoms with Gasteiger partial charge in [-0.05, 0) is 12.8 Å². The molecule has 0 aliphatic heterocycles. The number of ether oxygens (including phenoxy) is 3. The molecule has 0 aliphatic carbocycles. The lowest BCUT2D eigenvalue weighted by molar-refractivity contribution is -0.145. The van der Waals surface area contributed by atoms with E-state index in [-0.39, 0.29) is 24.8 Å². The third-order valence-electron chi connectivity index (χ3n) is 7.42. The van der Waals surface area contributed by atoms with E-state index in [4.69, 9.17) is 14.2 Å². The van der Waals surface area contributed by atoms with Gasteiger partial charge in [-0.1, -0.05) is 155 Å². The molecule has 0 bridgehead atoms. The molecule has 0 spiro atoms.